The van der Waals surface area contributed by atoms with Gasteiger partial charge in [-0.05, 0) is 38.3 Å². The third kappa shape index (κ3) is 6.14. The van der Waals surface area contributed by atoms with Crippen LogP contribution in [-0.2, 0) is 4.74 Å². The molecule has 1 heterocycles. The SMILES string of the molecule is COCC(NCCCN1CCC(O)CC1)C(C)C. The Morgan fingerprint density at radius 3 is 2.56 bits per heavy atom. The van der Waals surface area contributed by atoms with E-state index in [0.717, 1.165) is 45.6 Å². The Labute approximate surface area is 112 Å². The standard InChI is InChI=1S/C14H30N2O2/c1-12(2)14(11-18-3)15-7-4-8-16-9-5-13(17)6-10-16/h12-15,17H,4-11H2,1-3H3. The van der Waals surface area contributed by atoms with E-state index >= 15 is 0 Å². The summed E-state index contributed by atoms with van der Waals surface area (Å²) < 4.78 is 5.22. The summed E-state index contributed by atoms with van der Waals surface area (Å²) in [6.45, 7) is 9.52. The molecule has 108 valence electrons. The lowest BCUT2D eigenvalue weighted by Crippen LogP contribution is -2.40. The molecular weight excluding hydrogens is 228 g/mol. The molecule has 0 radical (unpaired) electrons. The Morgan fingerprint density at radius 2 is 2.00 bits per heavy atom. The fourth-order valence-electron chi connectivity index (χ4n) is 2.40. The van der Waals surface area contributed by atoms with Gasteiger partial charge in [-0.3, -0.25) is 0 Å². The molecule has 1 aliphatic rings. The second-order valence-corrected chi connectivity index (χ2v) is 5.69. The Morgan fingerprint density at radius 1 is 1.33 bits per heavy atom. The van der Waals surface area contributed by atoms with Gasteiger partial charge in [-0.25, -0.2) is 0 Å². The Kier molecular flexibility index (Phi) is 7.82. The van der Waals surface area contributed by atoms with E-state index in [2.05, 4.69) is 24.1 Å². The molecule has 1 rings (SSSR count). The Balaban J connectivity index is 2.06. The number of likely N-dealkylation sites (tertiary alicyclic amines) is 1. The van der Waals surface area contributed by atoms with Crippen LogP contribution in [0.3, 0.4) is 0 Å². The van der Waals surface area contributed by atoms with Crippen molar-refractivity contribution in [2.75, 3.05) is 39.9 Å². The third-order valence-corrected chi connectivity index (χ3v) is 3.77. The van der Waals surface area contributed by atoms with Gasteiger partial charge in [-0.1, -0.05) is 13.8 Å². The van der Waals surface area contributed by atoms with Crippen molar-refractivity contribution in [3.05, 3.63) is 0 Å². The topological polar surface area (TPSA) is 44.7 Å². The van der Waals surface area contributed by atoms with Gasteiger partial charge in [0.25, 0.3) is 0 Å². The molecule has 0 amide bonds. The maximum atomic E-state index is 9.44. The van der Waals surface area contributed by atoms with Crippen molar-refractivity contribution in [2.24, 2.45) is 5.92 Å². The summed E-state index contributed by atoms with van der Waals surface area (Å²) in [4.78, 5) is 2.45. The number of ether oxygens (including phenoxy) is 1. The highest BCUT2D eigenvalue weighted by Gasteiger charge is 2.16. The van der Waals surface area contributed by atoms with Gasteiger partial charge in [0.1, 0.15) is 0 Å². The fourth-order valence-corrected chi connectivity index (χ4v) is 2.40. The fraction of sp³-hybridized carbons (Fsp3) is 1.00. The molecule has 1 saturated heterocycles. The molecule has 0 aromatic heterocycles. The summed E-state index contributed by atoms with van der Waals surface area (Å²) in [6.07, 6.45) is 2.98. The second-order valence-electron chi connectivity index (χ2n) is 5.69. The zero-order valence-electron chi connectivity index (χ0n) is 12.2. The van der Waals surface area contributed by atoms with E-state index in [9.17, 15) is 5.11 Å². The number of aliphatic hydroxyl groups excluding tert-OH is 1. The first-order valence-corrected chi connectivity index (χ1v) is 7.26. The lowest BCUT2D eigenvalue weighted by Gasteiger charge is -2.29. The highest BCUT2D eigenvalue weighted by atomic mass is 16.5. The van der Waals surface area contributed by atoms with Crippen molar-refractivity contribution in [1.29, 1.82) is 0 Å². The minimum atomic E-state index is -0.0635. The van der Waals surface area contributed by atoms with Crippen LogP contribution in [0.4, 0.5) is 0 Å². The van der Waals surface area contributed by atoms with Gasteiger partial charge in [-0.15, -0.1) is 0 Å². The van der Waals surface area contributed by atoms with Crippen LogP contribution in [0.15, 0.2) is 0 Å². The second kappa shape index (κ2) is 8.86. The van der Waals surface area contributed by atoms with Crippen molar-refractivity contribution >= 4 is 0 Å². The summed E-state index contributed by atoms with van der Waals surface area (Å²) in [5.41, 5.74) is 0. The average Bonchev–Trinajstić information content (AvgIpc) is 2.35. The minimum absolute atomic E-state index is 0.0635. The number of hydrogen-bond acceptors (Lipinski definition) is 4. The first kappa shape index (κ1) is 15.9. The molecule has 0 aromatic carbocycles. The zero-order chi connectivity index (χ0) is 13.4. The number of hydrogen-bond donors (Lipinski definition) is 2. The van der Waals surface area contributed by atoms with Crippen molar-refractivity contribution in [2.45, 2.75) is 45.3 Å². The number of methoxy groups -OCH3 is 1. The van der Waals surface area contributed by atoms with E-state index in [1.54, 1.807) is 7.11 Å². The van der Waals surface area contributed by atoms with E-state index in [4.69, 9.17) is 4.74 Å². The van der Waals surface area contributed by atoms with Gasteiger partial charge in [-0.2, -0.15) is 0 Å². The van der Waals surface area contributed by atoms with Gasteiger partial charge in [0.15, 0.2) is 0 Å². The van der Waals surface area contributed by atoms with Gasteiger partial charge in [0.05, 0.1) is 12.7 Å². The predicted octanol–water partition coefficient (Wildman–Crippen LogP) is 1.09. The van der Waals surface area contributed by atoms with Gasteiger partial charge in [0, 0.05) is 26.2 Å². The molecule has 0 spiro atoms. The molecule has 0 bridgehead atoms. The molecule has 4 nitrogen and oxygen atoms in total. The molecule has 0 aliphatic carbocycles. The van der Waals surface area contributed by atoms with Crippen LogP contribution in [0.1, 0.15) is 33.1 Å². The summed E-state index contributed by atoms with van der Waals surface area (Å²) >= 11 is 0. The van der Waals surface area contributed by atoms with Crippen LogP contribution in [0, 0.1) is 5.92 Å². The average molecular weight is 258 g/mol. The van der Waals surface area contributed by atoms with Crippen molar-refractivity contribution in [1.82, 2.24) is 10.2 Å². The van der Waals surface area contributed by atoms with E-state index in [0.29, 0.717) is 12.0 Å². The number of aliphatic hydroxyl groups is 1. The lowest BCUT2D eigenvalue weighted by atomic mass is 10.1. The molecule has 2 N–H and O–H groups in total. The maximum Gasteiger partial charge on any atom is 0.0618 e. The van der Waals surface area contributed by atoms with Gasteiger partial charge in [0.2, 0.25) is 0 Å². The van der Waals surface area contributed by atoms with E-state index < -0.39 is 0 Å². The van der Waals surface area contributed by atoms with Crippen LogP contribution >= 0.6 is 0 Å². The molecule has 1 aliphatic heterocycles. The molecule has 18 heavy (non-hydrogen) atoms. The van der Waals surface area contributed by atoms with Gasteiger partial charge < -0.3 is 20.1 Å². The van der Waals surface area contributed by atoms with Crippen LogP contribution in [0.25, 0.3) is 0 Å². The molecule has 1 fully saturated rings. The monoisotopic (exact) mass is 258 g/mol. The van der Waals surface area contributed by atoms with E-state index in [-0.39, 0.29) is 6.10 Å². The predicted molar refractivity (Wildman–Crippen MR) is 74.8 cm³/mol. The largest absolute Gasteiger partial charge is 0.393 e. The first-order valence-electron chi connectivity index (χ1n) is 7.26. The van der Waals surface area contributed by atoms with Crippen molar-refractivity contribution in [3.8, 4) is 0 Å². The summed E-state index contributed by atoms with van der Waals surface area (Å²) in [5.74, 6) is 0.607. The Hall–Kier alpha value is -0.160. The maximum absolute atomic E-state index is 9.44. The number of piperidine rings is 1. The highest BCUT2D eigenvalue weighted by molar-refractivity contribution is 4.73. The smallest absolute Gasteiger partial charge is 0.0618 e. The minimum Gasteiger partial charge on any atom is -0.393 e. The van der Waals surface area contributed by atoms with E-state index in [1.165, 1.54) is 6.42 Å². The molecule has 1 atom stereocenters. The summed E-state index contributed by atoms with van der Waals surface area (Å²) in [5, 5.41) is 13.0. The van der Waals surface area contributed by atoms with E-state index in [1.807, 2.05) is 0 Å². The summed E-state index contributed by atoms with van der Waals surface area (Å²) in [6, 6.07) is 0.457. The van der Waals surface area contributed by atoms with Crippen molar-refractivity contribution in [3.63, 3.8) is 0 Å². The molecular formula is C14H30N2O2. The Bertz CT molecular complexity index is 204. The quantitative estimate of drug-likeness (QED) is 0.640. The molecule has 0 saturated carbocycles. The number of rotatable bonds is 8. The third-order valence-electron chi connectivity index (χ3n) is 3.77. The lowest BCUT2D eigenvalue weighted by molar-refractivity contribution is 0.0815. The normalized spacial score (nSPS) is 20.5. The molecule has 4 heteroatoms. The zero-order valence-corrected chi connectivity index (χ0v) is 12.2. The van der Waals surface area contributed by atoms with Crippen LogP contribution in [0.2, 0.25) is 0 Å². The highest BCUT2D eigenvalue weighted by Crippen LogP contribution is 2.09. The summed E-state index contributed by atoms with van der Waals surface area (Å²) in [7, 11) is 1.76. The van der Waals surface area contributed by atoms with Crippen LogP contribution in [0.5, 0.6) is 0 Å². The van der Waals surface area contributed by atoms with Crippen LogP contribution < -0.4 is 5.32 Å². The number of nitrogens with one attached hydrogen (secondary N) is 1. The van der Waals surface area contributed by atoms with Crippen LogP contribution in [-0.4, -0.2) is 62.0 Å². The molecule has 1 unspecified atom stereocenters. The van der Waals surface area contributed by atoms with Gasteiger partial charge >= 0.3 is 0 Å². The van der Waals surface area contributed by atoms with Crippen molar-refractivity contribution < 1.29 is 9.84 Å². The first-order chi connectivity index (χ1) is 8.63. The number of nitrogens with zero attached hydrogens (tertiary/aromatic N) is 1. The molecule has 0 aromatic rings.